The lowest BCUT2D eigenvalue weighted by Crippen LogP contribution is -2.23. The van der Waals surface area contributed by atoms with E-state index in [1.54, 1.807) is 6.92 Å². The van der Waals surface area contributed by atoms with Gasteiger partial charge in [-0.15, -0.1) is 0 Å². The number of aromatic nitrogens is 2. The molecule has 1 amide bonds. The highest BCUT2D eigenvalue weighted by Crippen LogP contribution is 2.16. The quantitative estimate of drug-likeness (QED) is 0.350. The Morgan fingerprint density at radius 2 is 1.68 bits per heavy atom. The number of nitro groups is 2. The van der Waals surface area contributed by atoms with Crippen molar-refractivity contribution in [3.8, 4) is 5.69 Å². The van der Waals surface area contributed by atoms with Crippen molar-refractivity contribution < 1.29 is 14.6 Å². The minimum atomic E-state index is -0.685. The second-order valence-corrected chi connectivity index (χ2v) is 6.47. The summed E-state index contributed by atoms with van der Waals surface area (Å²) in [5.41, 5.74) is 2.43. The molecule has 0 aliphatic rings. The van der Waals surface area contributed by atoms with Gasteiger partial charge in [0.2, 0.25) is 0 Å². The van der Waals surface area contributed by atoms with Crippen LogP contribution in [-0.4, -0.2) is 31.2 Å². The van der Waals surface area contributed by atoms with Crippen LogP contribution in [0.15, 0.2) is 58.4 Å². The second kappa shape index (κ2) is 8.41. The Bertz CT molecular complexity index is 1290. The highest BCUT2D eigenvalue weighted by molar-refractivity contribution is 6.01. The number of hydrogen-bond acceptors (Lipinski definition) is 7. The summed E-state index contributed by atoms with van der Waals surface area (Å²) in [4.78, 5) is 45.7. The summed E-state index contributed by atoms with van der Waals surface area (Å²) in [7, 11) is 0. The number of nitrogens with zero attached hydrogens (tertiary/aromatic N) is 4. The number of nitrogens with one attached hydrogen (secondary N) is 2. The molecule has 12 nitrogen and oxygen atoms in total. The van der Waals surface area contributed by atoms with Crippen molar-refractivity contribution in [3.05, 3.63) is 95.9 Å². The molecular formula is C19H16N6O6. The van der Waals surface area contributed by atoms with Crippen molar-refractivity contribution in [1.29, 1.82) is 0 Å². The largest absolute Gasteiger partial charge is 0.295 e. The zero-order valence-electron chi connectivity index (χ0n) is 16.4. The van der Waals surface area contributed by atoms with E-state index in [1.165, 1.54) is 49.4 Å². The van der Waals surface area contributed by atoms with Crippen LogP contribution in [0.3, 0.4) is 0 Å². The molecule has 0 fully saturated rings. The number of carbonyl (C=O) groups is 1. The Balaban J connectivity index is 1.89. The molecule has 0 aliphatic heterocycles. The number of nitro benzene ring substituents is 2. The first-order valence-corrected chi connectivity index (χ1v) is 8.85. The minimum absolute atomic E-state index is 0.0329. The highest BCUT2D eigenvalue weighted by atomic mass is 16.6. The van der Waals surface area contributed by atoms with E-state index >= 15 is 0 Å². The van der Waals surface area contributed by atoms with Gasteiger partial charge in [0.05, 0.1) is 26.8 Å². The van der Waals surface area contributed by atoms with Crippen LogP contribution in [0.25, 0.3) is 5.69 Å². The summed E-state index contributed by atoms with van der Waals surface area (Å²) >= 11 is 0. The minimum Gasteiger partial charge on any atom is -0.295 e. The molecule has 31 heavy (non-hydrogen) atoms. The molecule has 0 saturated heterocycles. The maximum atomic E-state index is 12.8. The molecular weight excluding hydrogens is 408 g/mol. The Morgan fingerprint density at radius 3 is 2.32 bits per heavy atom. The van der Waals surface area contributed by atoms with Crippen molar-refractivity contribution >= 4 is 23.0 Å². The van der Waals surface area contributed by atoms with Crippen LogP contribution in [0, 0.1) is 27.2 Å². The smallest absolute Gasteiger partial charge is 0.280 e. The predicted octanol–water partition coefficient (Wildman–Crippen LogP) is 2.44. The Morgan fingerprint density at radius 1 is 1.06 bits per heavy atom. The first-order chi connectivity index (χ1) is 14.7. The Labute approximate surface area is 174 Å². The monoisotopic (exact) mass is 424 g/mol. The van der Waals surface area contributed by atoms with Crippen molar-refractivity contribution in [2.24, 2.45) is 5.10 Å². The first kappa shape index (κ1) is 21.1. The van der Waals surface area contributed by atoms with Crippen molar-refractivity contribution in [1.82, 2.24) is 15.2 Å². The van der Waals surface area contributed by atoms with E-state index in [2.05, 4.69) is 15.6 Å². The number of hydrogen-bond donors (Lipinski definition) is 2. The summed E-state index contributed by atoms with van der Waals surface area (Å²) < 4.78 is 1.14. The third-order valence-electron chi connectivity index (χ3n) is 4.38. The average molecular weight is 424 g/mol. The number of rotatable bonds is 6. The average Bonchev–Trinajstić information content (AvgIpc) is 3.05. The molecule has 0 spiro atoms. The van der Waals surface area contributed by atoms with E-state index in [4.69, 9.17) is 0 Å². The topological polar surface area (TPSA) is 166 Å². The van der Waals surface area contributed by atoms with Gasteiger partial charge in [0, 0.05) is 35.5 Å². The van der Waals surface area contributed by atoms with Crippen LogP contribution in [-0.2, 0) is 0 Å². The number of benzene rings is 2. The molecule has 1 aromatic heterocycles. The van der Waals surface area contributed by atoms with Gasteiger partial charge in [-0.2, -0.15) is 5.10 Å². The van der Waals surface area contributed by atoms with Crippen molar-refractivity contribution in [3.63, 3.8) is 0 Å². The number of aromatic amines is 1. The van der Waals surface area contributed by atoms with E-state index < -0.39 is 21.3 Å². The van der Waals surface area contributed by atoms with Crippen LogP contribution < -0.4 is 11.0 Å². The summed E-state index contributed by atoms with van der Waals surface area (Å²) in [5, 5.41) is 28.6. The van der Waals surface area contributed by atoms with Crippen LogP contribution in [0.2, 0.25) is 0 Å². The molecule has 0 unspecified atom stereocenters. The molecule has 2 N–H and O–H groups in total. The lowest BCUT2D eigenvalue weighted by atomic mass is 10.2. The Kier molecular flexibility index (Phi) is 5.72. The number of amides is 1. The van der Waals surface area contributed by atoms with Crippen LogP contribution in [0.1, 0.15) is 28.5 Å². The number of non-ortho nitro benzene ring substituents is 2. The molecule has 3 rings (SSSR count). The van der Waals surface area contributed by atoms with Crippen molar-refractivity contribution in [2.75, 3.05) is 0 Å². The van der Waals surface area contributed by atoms with E-state index in [0.717, 1.165) is 10.7 Å². The fourth-order valence-corrected chi connectivity index (χ4v) is 2.92. The van der Waals surface area contributed by atoms with Crippen molar-refractivity contribution in [2.45, 2.75) is 13.8 Å². The second-order valence-electron chi connectivity index (χ2n) is 6.47. The SMILES string of the molecule is CC(=NNC(=O)c1cccc([N+](=O)[O-])c1)c1c(C)[nH]n(-c2cccc([N+](=O)[O-])c2)c1=O. The van der Waals surface area contributed by atoms with Crippen LogP contribution >= 0.6 is 0 Å². The highest BCUT2D eigenvalue weighted by Gasteiger charge is 2.17. The molecule has 0 bridgehead atoms. The number of carbonyl (C=O) groups excluding carboxylic acids is 1. The lowest BCUT2D eigenvalue weighted by Gasteiger charge is -2.02. The maximum Gasteiger partial charge on any atom is 0.280 e. The van der Waals surface area contributed by atoms with Gasteiger partial charge in [-0.05, 0) is 26.0 Å². The molecule has 0 aliphatic carbocycles. The van der Waals surface area contributed by atoms with E-state index in [0.29, 0.717) is 5.69 Å². The van der Waals surface area contributed by atoms with Gasteiger partial charge in [-0.3, -0.25) is 34.9 Å². The standard InChI is InChI=1S/C19H16N6O6/c1-11(20-21-18(26)13-5-3-7-15(9-13)24(28)29)17-12(2)22-23(19(17)27)14-6-4-8-16(10-14)25(30)31/h3-10,22H,1-2H3,(H,21,26). The third kappa shape index (κ3) is 4.37. The zero-order valence-corrected chi connectivity index (χ0v) is 16.4. The summed E-state index contributed by atoms with van der Waals surface area (Å²) in [6, 6.07) is 10.7. The van der Waals surface area contributed by atoms with Gasteiger partial charge < -0.3 is 0 Å². The van der Waals surface area contributed by atoms with Crippen LogP contribution in [0.5, 0.6) is 0 Å². The fourth-order valence-electron chi connectivity index (χ4n) is 2.92. The Hall–Kier alpha value is -4.61. The number of H-pyrrole nitrogens is 1. The van der Waals surface area contributed by atoms with Gasteiger partial charge in [-0.25, -0.2) is 10.1 Å². The van der Waals surface area contributed by atoms with E-state index in [1.807, 2.05) is 0 Å². The fraction of sp³-hybridized carbons (Fsp3) is 0.105. The normalized spacial score (nSPS) is 11.2. The van der Waals surface area contributed by atoms with Gasteiger partial charge in [0.1, 0.15) is 0 Å². The number of aryl methyl sites for hydroxylation is 1. The maximum absolute atomic E-state index is 12.8. The summed E-state index contributed by atoms with van der Waals surface area (Å²) in [6.45, 7) is 3.12. The van der Waals surface area contributed by atoms with Gasteiger partial charge in [0.15, 0.2) is 0 Å². The lowest BCUT2D eigenvalue weighted by molar-refractivity contribution is -0.385. The number of hydrazone groups is 1. The zero-order chi connectivity index (χ0) is 22.7. The van der Waals surface area contributed by atoms with Gasteiger partial charge in [-0.1, -0.05) is 12.1 Å². The molecule has 0 atom stereocenters. The molecule has 2 aromatic carbocycles. The van der Waals surface area contributed by atoms with E-state index in [9.17, 15) is 29.8 Å². The molecule has 1 heterocycles. The summed E-state index contributed by atoms with van der Waals surface area (Å²) in [5.74, 6) is -0.685. The van der Waals surface area contributed by atoms with Gasteiger partial charge >= 0.3 is 0 Å². The first-order valence-electron chi connectivity index (χ1n) is 8.85. The molecule has 158 valence electrons. The molecule has 0 saturated carbocycles. The van der Waals surface area contributed by atoms with E-state index in [-0.39, 0.29) is 33.9 Å². The molecule has 12 heteroatoms. The van der Waals surface area contributed by atoms with Gasteiger partial charge in [0.25, 0.3) is 22.8 Å². The van der Waals surface area contributed by atoms with Crippen LogP contribution in [0.4, 0.5) is 11.4 Å². The molecule has 0 radical (unpaired) electrons. The third-order valence-corrected chi connectivity index (χ3v) is 4.38. The molecule has 3 aromatic rings. The summed E-state index contributed by atoms with van der Waals surface area (Å²) in [6.07, 6.45) is 0. The predicted molar refractivity (Wildman–Crippen MR) is 111 cm³/mol.